The summed E-state index contributed by atoms with van der Waals surface area (Å²) in [6, 6.07) is 7.16. The van der Waals surface area contributed by atoms with Gasteiger partial charge in [0.15, 0.2) is 11.5 Å². The minimum atomic E-state index is -0.612. The Kier molecular flexibility index (Phi) is 4.16. The zero-order chi connectivity index (χ0) is 19.3. The number of benzene rings is 1. The number of carbonyl (C=O) groups is 1. The van der Waals surface area contributed by atoms with Gasteiger partial charge in [0.1, 0.15) is 15.7 Å². The number of thioether (sulfide) groups is 1. The van der Waals surface area contributed by atoms with Gasteiger partial charge in [-0.15, -0.1) is 0 Å². The first-order chi connectivity index (χ1) is 12.8. The third kappa shape index (κ3) is 3.07. The van der Waals surface area contributed by atoms with Crippen molar-refractivity contribution in [1.29, 1.82) is 0 Å². The van der Waals surface area contributed by atoms with Gasteiger partial charge in [0, 0.05) is 10.9 Å². The Hall–Kier alpha value is -2.84. The summed E-state index contributed by atoms with van der Waals surface area (Å²) in [6.07, 6.45) is 1.74. The van der Waals surface area contributed by atoms with E-state index in [1.165, 1.54) is 18.7 Å². The fourth-order valence-corrected chi connectivity index (χ4v) is 3.85. The maximum Gasteiger partial charge on any atom is 0.343 e. The third-order valence-corrected chi connectivity index (χ3v) is 5.42. The zero-order valence-electron chi connectivity index (χ0n) is 14.3. The number of furan rings is 1. The second-order valence-electron chi connectivity index (χ2n) is 6.08. The minimum absolute atomic E-state index is 0.104. The van der Waals surface area contributed by atoms with Crippen molar-refractivity contribution in [2.45, 2.75) is 13.8 Å². The number of fused-ring (bicyclic) bond motifs is 1. The Labute approximate surface area is 162 Å². The monoisotopic (exact) mass is 399 g/mol. The van der Waals surface area contributed by atoms with Crippen LogP contribution < -0.4 is 10.9 Å². The first kappa shape index (κ1) is 17.6. The summed E-state index contributed by atoms with van der Waals surface area (Å²) >= 11 is 6.20. The maximum atomic E-state index is 11.9. The largest absolute Gasteiger partial charge is 0.507 e. The molecule has 0 radical (unpaired) electrons. The van der Waals surface area contributed by atoms with Crippen molar-refractivity contribution >= 4 is 51.3 Å². The Bertz CT molecular complexity index is 1220. The van der Waals surface area contributed by atoms with Gasteiger partial charge in [0.25, 0.3) is 5.91 Å². The number of aromatic hydroxyl groups is 1. The zero-order valence-corrected chi connectivity index (χ0v) is 15.9. The molecule has 136 valence electrons. The predicted molar refractivity (Wildman–Crippen MR) is 108 cm³/mol. The highest BCUT2D eigenvalue weighted by molar-refractivity contribution is 8.26. The van der Waals surface area contributed by atoms with E-state index in [1.54, 1.807) is 25.1 Å². The van der Waals surface area contributed by atoms with Crippen LogP contribution in [0, 0.1) is 13.8 Å². The van der Waals surface area contributed by atoms with Crippen molar-refractivity contribution in [1.82, 2.24) is 5.32 Å². The van der Waals surface area contributed by atoms with Gasteiger partial charge in [0.05, 0.1) is 10.5 Å². The lowest BCUT2D eigenvalue weighted by atomic mass is 10.1. The van der Waals surface area contributed by atoms with Gasteiger partial charge in [-0.2, -0.15) is 0 Å². The second kappa shape index (κ2) is 6.40. The molecule has 1 amide bonds. The van der Waals surface area contributed by atoms with Crippen LogP contribution in [0.25, 0.3) is 28.6 Å². The smallest absolute Gasteiger partial charge is 0.343 e. The molecule has 0 saturated carbocycles. The fourth-order valence-electron chi connectivity index (χ4n) is 2.80. The lowest BCUT2D eigenvalue weighted by Crippen LogP contribution is -2.17. The molecule has 2 aromatic heterocycles. The van der Waals surface area contributed by atoms with Crippen molar-refractivity contribution in [3.63, 3.8) is 0 Å². The van der Waals surface area contributed by atoms with E-state index in [2.05, 4.69) is 5.32 Å². The number of nitrogens with one attached hydrogen (secondary N) is 1. The van der Waals surface area contributed by atoms with E-state index in [1.807, 2.05) is 12.1 Å². The summed E-state index contributed by atoms with van der Waals surface area (Å²) in [5, 5.41) is 13.4. The van der Waals surface area contributed by atoms with Crippen molar-refractivity contribution in [3.05, 3.63) is 56.3 Å². The number of hydrogen-bond acceptors (Lipinski definition) is 7. The first-order valence-corrected chi connectivity index (χ1v) is 9.18. The minimum Gasteiger partial charge on any atom is -0.507 e. The standard InChI is InChI=1S/C19H13NO5S2/c1-8-15(21)9(2)18(23)25-16(8)13-7-11-5-10(3-4-12(11)24-13)6-14-17(22)20-19(26)27-14/h3-7,21H,1-2H3,(H,20,22,26). The highest BCUT2D eigenvalue weighted by atomic mass is 32.2. The SMILES string of the molecule is Cc1c(-c2cc3cc(C=C4SC(=S)NC4=O)ccc3o2)oc(=O)c(C)c1O. The van der Waals surface area contributed by atoms with Crippen LogP contribution in [0.4, 0.5) is 0 Å². The van der Waals surface area contributed by atoms with Gasteiger partial charge >= 0.3 is 5.63 Å². The third-order valence-electron chi connectivity index (χ3n) is 4.26. The molecule has 1 saturated heterocycles. The Morgan fingerprint density at radius 3 is 2.63 bits per heavy atom. The molecule has 1 aliphatic heterocycles. The molecule has 0 atom stereocenters. The van der Waals surface area contributed by atoms with Gasteiger partial charge in [0.2, 0.25) is 0 Å². The van der Waals surface area contributed by atoms with E-state index in [9.17, 15) is 14.7 Å². The molecule has 4 rings (SSSR count). The van der Waals surface area contributed by atoms with Gasteiger partial charge in [-0.05, 0) is 43.7 Å². The average Bonchev–Trinajstić information content (AvgIpc) is 3.18. The maximum absolute atomic E-state index is 11.9. The predicted octanol–water partition coefficient (Wildman–Crippen LogP) is 3.86. The van der Waals surface area contributed by atoms with E-state index in [0.29, 0.717) is 26.1 Å². The van der Waals surface area contributed by atoms with E-state index in [0.717, 1.165) is 10.9 Å². The molecule has 1 aromatic carbocycles. The van der Waals surface area contributed by atoms with Crippen LogP contribution in [-0.4, -0.2) is 15.3 Å². The lowest BCUT2D eigenvalue weighted by Gasteiger charge is -2.05. The van der Waals surface area contributed by atoms with Crippen LogP contribution in [0.15, 0.2) is 42.8 Å². The molecule has 2 N–H and O–H groups in total. The van der Waals surface area contributed by atoms with E-state index in [4.69, 9.17) is 21.1 Å². The number of carbonyl (C=O) groups excluding carboxylic acids is 1. The molecule has 6 nitrogen and oxygen atoms in total. The van der Waals surface area contributed by atoms with E-state index >= 15 is 0 Å². The summed E-state index contributed by atoms with van der Waals surface area (Å²) in [5.41, 5.74) is 1.38. The quantitative estimate of drug-likeness (QED) is 0.499. The number of thiocarbonyl (C=S) groups is 1. The molecule has 3 heterocycles. The number of hydrogen-bond donors (Lipinski definition) is 2. The average molecular weight is 399 g/mol. The van der Waals surface area contributed by atoms with Crippen molar-refractivity contribution in [2.75, 3.05) is 0 Å². The van der Waals surface area contributed by atoms with E-state index < -0.39 is 5.63 Å². The molecular formula is C19H13NO5S2. The highest BCUT2D eigenvalue weighted by Crippen LogP contribution is 2.34. The molecule has 1 aliphatic rings. The molecule has 0 aliphatic carbocycles. The van der Waals surface area contributed by atoms with Crippen LogP contribution in [0.2, 0.25) is 0 Å². The van der Waals surface area contributed by atoms with Gasteiger partial charge in [-0.25, -0.2) is 4.79 Å². The van der Waals surface area contributed by atoms with Crippen molar-refractivity contribution < 1.29 is 18.7 Å². The van der Waals surface area contributed by atoms with Gasteiger partial charge in [-0.1, -0.05) is 30.0 Å². The Morgan fingerprint density at radius 1 is 1.15 bits per heavy atom. The molecule has 3 aromatic rings. The van der Waals surface area contributed by atoms with Crippen molar-refractivity contribution in [2.24, 2.45) is 0 Å². The first-order valence-electron chi connectivity index (χ1n) is 7.95. The molecule has 1 fully saturated rings. The molecule has 8 heteroatoms. The summed E-state index contributed by atoms with van der Waals surface area (Å²) in [6.45, 7) is 3.15. The molecular weight excluding hydrogens is 386 g/mol. The number of rotatable bonds is 2. The summed E-state index contributed by atoms with van der Waals surface area (Å²) in [7, 11) is 0. The molecule has 0 bridgehead atoms. The van der Waals surface area contributed by atoms with Crippen LogP contribution in [0.3, 0.4) is 0 Å². The summed E-state index contributed by atoms with van der Waals surface area (Å²) in [5.74, 6) is 0.210. The van der Waals surface area contributed by atoms with Crippen LogP contribution in [0.5, 0.6) is 5.75 Å². The topological polar surface area (TPSA) is 92.7 Å². The van der Waals surface area contributed by atoms with Gasteiger partial charge < -0.3 is 19.3 Å². The fraction of sp³-hybridized carbons (Fsp3) is 0.105. The van der Waals surface area contributed by atoms with Crippen LogP contribution in [0.1, 0.15) is 16.7 Å². The second-order valence-corrected chi connectivity index (χ2v) is 7.80. The highest BCUT2D eigenvalue weighted by Gasteiger charge is 2.22. The van der Waals surface area contributed by atoms with Crippen LogP contribution >= 0.6 is 24.0 Å². The summed E-state index contributed by atoms with van der Waals surface area (Å²) in [4.78, 5) is 24.2. The lowest BCUT2D eigenvalue weighted by molar-refractivity contribution is -0.115. The van der Waals surface area contributed by atoms with E-state index in [-0.39, 0.29) is 23.0 Å². The van der Waals surface area contributed by atoms with Gasteiger partial charge in [-0.3, -0.25) is 4.79 Å². The Morgan fingerprint density at radius 2 is 1.93 bits per heavy atom. The summed E-state index contributed by atoms with van der Waals surface area (Å²) < 4.78 is 11.5. The van der Waals surface area contributed by atoms with Crippen LogP contribution in [-0.2, 0) is 4.79 Å². The van der Waals surface area contributed by atoms with Crippen molar-refractivity contribution in [3.8, 4) is 17.3 Å². The molecule has 0 unspecified atom stereocenters. The normalized spacial score (nSPS) is 15.7. The Balaban J connectivity index is 1.79. The number of amides is 1. The molecule has 0 spiro atoms. The molecule has 27 heavy (non-hydrogen) atoms.